The topological polar surface area (TPSA) is 205 Å². The van der Waals surface area contributed by atoms with E-state index in [9.17, 15) is 34.2 Å². The molecule has 0 aromatic heterocycles. The Morgan fingerprint density at radius 2 is 1.73 bits per heavy atom. The van der Waals surface area contributed by atoms with Gasteiger partial charge in [0.15, 0.2) is 0 Å². The molecule has 1 rings (SSSR count). The molecule has 0 aliphatic carbocycles. The monoisotopic (exact) mass is 489 g/mol. The average Bonchev–Trinajstić information content (AvgIpc) is 3.25. The maximum absolute atomic E-state index is 12.9. The minimum Gasteiger partial charge on any atom is -0.481 e. The highest BCUT2D eigenvalue weighted by molar-refractivity contribution is 7.98. The second-order valence-electron chi connectivity index (χ2n) is 7.92. The summed E-state index contributed by atoms with van der Waals surface area (Å²) in [6, 6.07) is -4.38. The lowest BCUT2D eigenvalue weighted by molar-refractivity contribution is -0.150. The van der Waals surface area contributed by atoms with E-state index in [2.05, 4.69) is 10.6 Å². The van der Waals surface area contributed by atoms with E-state index in [0.29, 0.717) is 38.0 Å². The molecule has 1 aliphatic rings. The van der Waals surface area contributed by atoms with Crippen LogP contribution in [0.15, 0.2) is 0 Å². The molecule has 33 heavy (non-hydrogen) atoms. The molecule has 0 spiro atoms. The summed E-state index contributed by atoms with van der Waals surface area (Å²) in [7, 11) is 0. The minimum absolute atomic E-state index is 0.159. The largest absolute Gasteiger partial charge is 0.481 e. The molecule has 0 radical (unpaired) electrons. The van der Waals surface area contributed by atoms with Crippen LogP contribution < -0.4 is 22.1 Å². The van der Waals surface area contributed by atoms with Crippen molar-refractivity contribution in [3.63, 3.8) is 0 Å². The van der Waals surface area contributed by atoms with Gasteiger partial charge in [-0.05, 0) is 50.7 Å². The number of carboxylic acids is 2. The van der Waals surface area contributed by atoms with Crippen LogP contribution in [-0.2, 0) is 24.0 Å². The highest BCUT2D eigenvalue weighted by atomic mass is 32.2. The normalized spacial score (nSPS) is 18.3. The van der Waals surface area contributed by atoms with Crippen LogP contribution in [0.25, 0.3) is 0 Å². The van der Waals surface area contributed by atoms with Crippen LogP contribution in [0.2, 0.25) is 0 Å². The zero-order chi connectivity index (χ0) is 25.0. The summed E-state index contributed by atoms with van der Waals surface area (Å²) in [4.78, 5) is 62.1. The highest BCUT2D eigenvalue weighted by Crippen LogP contribution is 2.19. The molecule has 0 aromatic carbocycles. The molecule has 0 saturated carbocycles. The Morgan fingerprint density at radius 1 is 1.06 bits per heavy atom. The van der Waals surface area contributed by atoms with Crippen molar-refractivity contribution in [1.82, 2.24) is 15.5 Å². The van der Waals surface area contributed by atoms with Gasteiger partial charge in [0, 0.05) is 6.54 Å². The van der Waals surface area contributed by atoms with Gasteiger partial charge in [-0.3, -0.25) is 19.2 Å². The van der Waals surface area contributed by atoms with Crippen LogP contribution in [0.1, 0.15) is 44.9 Å². The van der Waals surface area contributed by atoms with Crippen molar-refractivity contribution >= 4 is 41.4 Å². The molecule has 0 bridgehead atoms. The number of likely N-dealkylation sites (tertiary alicyclic amines) is 1. The van der Waals surface area contributed by atoms with Crippen LogP contribution in [0.5, 0.6) is 0 Å². The summed E-state index contributed by atoms with van der Waals surface area (Å²) >= 11 is 1.45. The van der Waals surface area contributed by atoms with E-state index in [-0.39, 0.29) is 19.4 Å². The Hall–Kier alpha value is -2.38. The predicted octanol–water partition coefficient (Wildman–Crippen LogP) is -1.28. The molecule has 4 atom stereocenters. The van der Waals surface area contributed by atoms with Gasteiger partial charge in [0.05, 0.1) is 12.5 Å². The summed E-state index contributed by atoms with van der Waals surface area (Å²) in [5.41, 5.74) is 11.3. The first-order chi connectivity index (χ1) is 15.6. The van der Waals surface area contributed by atoms with E-state index in [1.807, 2.05) is 6.26 Å². The Morgan fingerprint density at radius 3 is 2.30 bits per heavy atom. The molecule has 188 valence electrons. The quantitative estimate of drug-likeness (QED) is 0.150. The number of nitrogens with one attached hydrogen (secondary N) is 2. The predicted molar refractivity (Wildman–Crippen MR) is 122 cm³/mol. The lowest BCUT2D eigenvalue weighted by Crippen LogP contribution is -2.57. The third-order valence-corrected chi connectivity index (χ3v) is 6.01. The van der Waals surface area contributed by atoms with Crippen LogP contribution >= 0.6 is 11.8 Å². The van der Waals surface area contributed by atoms with E-state index in [4.69, 9.17) is 11.5 Å². The van der Waals surface area contributed by atoms with Gasteiger partial charge in [-0.1, -0.05) is 6.42 Å². The first kappa shape index (κ1) is 28.7. The summed E-state index contributed by atoms with van der Waals surface area (Å²) in [6.07, 6.45) is 3.83. The fourth-order valence-electron chi connectivity index (χ4n) is 3.56. The number of amides is 3. The fraction of sp³-hybridized carbons (Fsp3) is 0.750. The summed E-state index contributed by atoms with van der Waals surface area (Å²) in [5, 5.41) is 23.5. The molecule has 0 aromatic rings. The molecule has 12 nitrogen and oxygen atoms in total. The fourth-order valence-corrected chi connectivity index (χ4v) is 4.03. The van der Waals surface area contributed by atoms with Crippen molar-refractivity contribution in [3.8, 4) is 0 Å². The Bertz CT molecular complexity index is 708. The number of aliphatic carboxylic acids is 2. The number of carbonyl (C=O) groups excluding carboxylic acids is 3. The van der Waals surface area contributed by atoms with Gasteiger partial charge in [-0.25, -0.2) is 4.79 Å². The third kappa shape index (κ3) is 9.56. The van der Waals surface area contributed by atoms with E-state index >= 15 is 0 Å². The number of unbranched alkanes of at least 4 members (excludes halogenated alkanes) is 1. The molecule has 13 heteroatoms. The first-order valence-corrected chi connectivity index (χ1v) is 12.3. The molecule has 4 unspecified atom stereocenters. The van der Waals surface area contributed by atoms with Crippen molar-refractivity contribution in [1.29, 1.82) is 0 Å². The zero-order valence-corrected chi connectivity index (χ0v) is 19.6. The number of hydrogen-bond donors (Lipinski definition) is 6. The number of carboxylic acid groups (broad SMARTS) is 2. The molecule has 3 amide bonds. The number of hydrogen-bond acceptors (Lipinski definition) is 8. The molecule has 1 saturated heterocycles. The highest BCUT2D eigenvalue weighted by Gasteiger charge is 2.39. The standard InChI is InChI=1S/C20H35N5O7S/c1-33-10-7-13(23-17(28)12(22)5-2-3-8-21)18(29)24-14(11-16(26)27)19(30)25-9-4-6-15(25)20(31)32/h12-15H,2-11,21-22H2,1H3,(H,23,28)(H,24,29)(H,26,27)(H,31,32). The Balaban J connectivity index is 2.92. The average molecular weight is 490 g/mol. The lowest BCUT2D eigenvalue weighted by atomic mass is 10.1. The zero-order valence-electron chi connectivity index (χ0n) is 18.8. The van der Waals surface area contributed by atoms with E-state index in [1.165, 1.54) is 11.8 Å². The van der Waals surface area contributed by atoms with Gasteiger partial charge in [0.25, 0.3) is 0 Å². The SMILES string of the molecule is CSCCC(NC(=O)C(N)CCCCN)C(=O)NC(CC(=O)O)C(=O)N1CCCC1C(=O)O. The Kier molecular flexibility index (Phi) is 12.8. The van der Waals surface area contributed by atoms with Gasteiger partial charge in [-0.2, -0.15) is 11.8 Å². The summed E-state index contributed by atoms with van der Waals surface area (Å²) in [6.45, 7) is 0.637. The van der Waals surface area contributed by atoms with Gasteiger partial charge in [0.1, 0.15) is 18.1 Å². The molecule has 1 heterocycles. The number of rotatable bonds is 15. The van der Waals surface area contributed by atoms with Gasteiger partial charge < -0.3 is 37.2 Å². The second-order valence-corrected chi connectivity index (χ2v) is 8.91. The van der Waals surface area contributed by atoms with E-state index in [0.717, 1.165) is 4.90 Å². The summed E-state index contributed by atoms with van der Waals surface area (Å²) < 4.78 is 0. The van der Waals surface area contributed by atoms with Crippen molar-refractivity contribution < 1.29 is 34.2 Å². The maximum atomic E-state index is 12.9. The van der Waals surface area contributed by atoms with Crippen LogP contribution in [-0.4, -0.2) is 94.0 Å². The van der Waals surface area contributed by atoms with Crippen LogP contribution in [0.3, 0.4) is 0 Å². The molecule has 8 N–H and O–H groups in total. The lowest BCUT2D eigenvalue weighted by Gasteiger charge is -2.28. The smallest absolute Gasteiger partial charge is 0.326 e. The Labute approximate surface area is 197 Å². The van der Waals surface area contributed by atoms with Gasteiger partial charge >= 0.3 is 11.9 Å². The van der Waals surface area contributed by atoms with Crippen LogP contribution in [0.4, 0.5) is 0 Å². The van der Waals surface area contributed by atoms with E-state index < -0.39 is 60.2 Å². The van der Waals surface area contributed by atoms with Crippen molar-refractivity contribution in [2.24, 2.45) is 11.5 Å². The second kappa shape index (κ2) is 14.7. The summed E-state index contributed by atoms with van der Waals surface area (Å²) in [5.74, 6) is -4.02. The van der Waals surface area contributed by atoms with Gasteiger partial charge in [0.2, 0.25) is 17.7 Å². The molecular formula is C20H35N5O7S. The van der Waals surface area contributed by atoms with Crippen molar-refractivity contribution in [2.45, 2.75) is 69.1 Å². The molecular weight excluding hydrogens is 454 g/mol. The first-order valence-electron chi connectivity index (χ1n) is 10.9. The number of nitrogens with two attached hydrogens (primary N) is 2. The van der Waals surface area contributed by atoms with E-state index in [1.54, 1.807) is 0 Å². The molecule has 1 fully saturated rings. The molecule has 1 aliphatic heterocycles. The third-order valence-electron chi connectivity index (χ3n) is 5.36. The maximum Gasteiger partial charge on any atom is 0.326 e. The number of thioether (sulfide) groups is 1. The number of nitrogens with zero attached hydrogens (tertiary/aromatic N) is 1. The van der Waals surface area contributed by atoms with Crippen molar-refractivity contribution in [2.75, 3.05) is 25.1 Å². The van der Waals surface area contributed by atoms with Crippen LogP contribution in [0, 0.1) is 0 Å². The minimum atomic E-state index is -1.46. The van der Waals surface area contributed by atoms with Crippen molar-refractivity contribution in [3.05, 3.63) is 0 Å². The van der Waals surface area contributed by atoms with Gasteiger partial charge in [-0.15, -0.1) is 0 Å². The number of carbonyl (C=O) groups is 5.